The number of ether oxygens (including phenoxy) is 2. The maximum absolute atomic E-state index is 12.9. The third-order valence-electron chi connectivity index (χ3n) is 4.58. The Kier molecular flexibility index (Phi) is 6.87. The number of aromatic nitrogens is 3. The van der Waals surface area contributed by atoms with E-state index in [1.165, 1.54) is 0 Å². The van der Waals surface area contributed by atoms with Crippen molar-refractivity contribution in [3.05, 3.63) is 22.6 Å². The van der Waals surface area contributed by atoms with Crippen LogP contribution in [0.15, 0.2) is 17.0 Å². The van der Waals surface area contributed by atoms with Crippen molar-refractivity contribution >= 4 is 41.1 Å². The number of rotatable bonds is 7. The molecule has 3 N–H and O–H groups in total. The van der Waals surface area contributed by atoms with Crippen LogP contribution in [0.25, 0.3) is 11.2 Å². The van der Waals surface area contributed by atoms with E-state index in [0.717, 1.165) is 6.04 Å². The van der Waals surface area contributed by atoms with Crippen molar-refractivity contribution in [1.82, 2.24) is 19.9 Å². The van der Waals surface area contributed by atoms with E-state index in [1.54, 1.807) is 12.4 Å². The average molecular weight is 470 g/mol. The lowest BCUT2D eigenvalue weighted by atomic mass is 10.1. The normalized spacial score (nSPS) is 20.5. The van der Waals surface area contributed by atoms with E-state index in [2.05, 4.69) is 50.9 Å². The van der Waals surface area contributed by atoms with Crippen LogP contribution in [-0.4, -0.2) is 60.4 Å². The summed E-state index contributed by atoms with van der Waals surface area (Å²) < 4.78 is 13.7. The van der Waals surface area contributed by atoms with Gasteiger partial charge in [-0.05, 0) is 28.4 Å². The molecule has 0 aromatic carbocycles. The number of nitrogens with one attached hydrogen (secondary N) is 1. The Morgan fingerprint density at radius 2 is 2.25 bits per heavy atom. The van der Waals surface area contributed by atoms with Crippen LogP contribution in [0.2, 0.25) is 25.7 Å². The minimum atomic E-state index is -1.15. The van der Waals surface area contributed by atoms with Gasteiger partial charge in [0.25, 0.3) is 5.91 Å². The van der Waals surface area contributed by atoms with E-state index in [-0.39, 0.29) is 18.0 Å². The SMILES string of the molecule is C[Si](C)(C)CCOCn1cc(C(=O)NC2COCC(N)C2)c2nc(Br)cnc21. The molecule has 1 fully saturated rings. The highest BCUT2D eigenvalue weighted by molar-refractivity contribution is 9.10. The number of halogens is 1. The third kappa shape index (κ3) is 5.60. The van der Waals surface area contributed by atoms with Crippen LogP contribution >= 0.6 is 15.9 Å². The van der Waals surface area contributed by atoms with Gasteiger partial charge in [0.1, 0.15) is 16.9 Å². The van der Waals surface area contributed by atoms with Crippen LogP contribution in [-0.2, 0) is 16.2 Å². The number of carbonyl (C=O) groups is 1. The predicted molar refractivity (Wildman–Crippen MR) is 114 cm³/mol. The van der Waals surface area contributed by atoms with Gasteiger partial charge in [-0.25, -0.2) is 9.97 Å². The first-order valence-electron chi connectivity index (χ1n) is 9.46. The summed E-state index contributed by atoms with van der Waals surface area (Å²) in [5.41, 5.74) is 7.57. The number of fused-ring (bicyclic) bond motifs is 1. The van der Waals surface area contributed by atoms with Gasteiger partial charge < -0.3 is 25.1 Å². The summed E-state index contributed by atoms with van der Waals surface area (Å²) in [6, 6.07) is 0.912. The van der Waals surface area contributed by atoms with Crippen molar-refractivity contribution in [3.63, 3.8) is 0 Å². The summed E-state index contributed by atoms with van der Waals surface area (Å²) in [5, 5.41) is 3.00. The molecule has 1 aliphatic heterocycles. The maximum atomic E-state index is 12.9. The first-order chi connectivity index (χ1) is 13.2. The molecular weight excluding hydrogens is 442 g/mol. The highest BCUT2D eigenvalue weighted by Crippen LogP contribution is 2.21. The van der Waals surface area contributed by atoms with E-state index >= 15 is 0 Å². The molecule has 0 spiro atoms. The lowest BCUT2D eigenvalue weighted by Crippen LogP contribution is -2.47. The molecule has 2 aromatic heterocycles. The van der Waals surface area contributed by atoms with Gasteiger partial charge in [0.15, 0.2) is 5.65 Å². The van der Waals surface area contributed by atoms with Crippen molar-refractivity contribution < 1.29 is 14.3 Å². The number of hydrogen-bond acceptors (Lipinski definition) is 6. The van der Waals surface area contributed by atoms with Gasteiger partial charge in [0.05, 0.1) is 31.0 Å². The summed E-state index contributed by atoms with van der Waals surface area (Å²) in [6.07, 6.45) is 4.07. The molecule has 0 saturated carbocycles. The lowest BCUT2D eigenvalue weighted by molar-refractivity contribution is 0.0522. The molecule has 28 heavy (non-hydrogen) atoms. The fourth-order valence-corrected chi connectivity index (χ4v) is 4.10. The Hall–Kier alpha value is -1.33. The van der Waals surface area contributed by atoms with Gasteiger partial charge in [-0.3, -0.25) is 4.79 Å². The van der Waals surface area contributed by atoms with Gasteiger partial charge in [-0.1, -0.05) is 19.6 Å². The largest absolute Gasteiger partial charge is 0.378 e. The van der Waals surface area contributed by atoms with E-state index < -0.39 is 8.07 Å². The molecular formula is C18H28BrN5O3Si. The van der Waals surface area contributed by atoms with Crippen LogP contribution in [0.4, 0.5) is 0 Å². The Labute approximate surface area is 174 Å². The van der Waals surface area contributed by atoms with Crippen molar-refractivity contribution in [1.29, 1.82) is 0 Å². The van der Waals surface area contributed by atoms with Crippen LogP contribution in [0.1, 0.15) is 16.8 Å². The molecule has 1 amide bonds. The van der Waals surface area contributed by atoms with Crippen LogP contribution in [0.5, 0.6) is 0 Å². The molecule has 3 rings (SSSR count). The maximum Gasteiger partial charge on any atom is 0.255 e. The molecule has 154 valence electrons. The second kappa shape index (κ2) is 9.00. The van der Waals surface area contributed by atoms with Crippen molar-refractivity contribution in [2.45, 2.75) is 50.9 Å². The predicted octanol–water partition coefficient (Wildman–Crippen LogP) is 2.35. The second-order valence-corrected chi connectivity index (χ2v) is 14.9. The third-order valence-corrected chi connectivity index (χ3v) is 6.67. The molecule has 1 saturated heterocycles. The summed E-state index contributed by atoms with van der Waals surface area (Å²) in [7, 11) is -1.15. The highest BCUT2D eigenvalue weighted by atomic mass is 79.9. The molecule has 2 unspecified atom stereocenters. The van der Waals surface area contributed by atoms with Gasteiger partial charge in [0.2, 0.25) is 0 Å². The summed E-state index contributed by atoms with van der Waals surface area (Å²) >= 11 is 3.34. The van der Waals surface area contributed by atoms with Gasteiger partial charge >= 0.3 is 0 Å². The number of hydrogen-bond donors (Lipinski definition) is 2. The van der Waals surface area contributed by atoms with Crippen molar-refractivity contribution in [3.8, 4) is 0 Å². The van der Waals surface area contributed by atoms with E-state index in [9.17, 15) is 4.79 Å². The molecule has 0 aliphatic carbocycles. The average Bonchev–Trinajstić information content (AvgIpc) is 2.96. The number of nitrogens with zero attached hydrogens (tertiary/aromatic N) is 3. The van der Waals surface area contributed by atoms with Gasteiger partial charge in [-0.2, -0.15) is 0 Å². The Balaban J connectivity index is 1.75. The van der Waals surface area contributed by atoms with Gasteiger partial charge in [0, 0.05) is 26.9 Å². The van der Waals surface area contributed by atoms with E-state index in [0.29, 0.717) is 54.3 Å². The van der Waals surface area contributed by atoms with Crippen molar-refractivity contribution in [2.24, 2.45) is 5.73 Å². The van der Waals surface area contributed by atoms with Crippen LogP contribution in [0.3, 0.4) is 0 Å². The van der Waals surface area contributed by atoms with Crippen LogP contribution in [0, 0.1) is 0 Å². The number of amides is 1. The number of carbonyl (C=O) groups excluding carboxylic acids is 1. The summed E-state index contributed by atoms with van der Waals surface area (Å²) in [5.74, 6) is -0.207. The van der Waals surface area contributed by atoms with E-state index in [1.807, 2.05) is 4.57 Å². The minimum Gasteiger partial charge on any atom is -0.378 e. The first kappa shape index (κ1) is 21.4. The fourth-order valence-electron chi connectivity index (χ4n) is 3.06. The first-order valence-corrected chi connectivity index (χ1v) is 14.0. The molecule has 0 bridgehead atoms. The summed E-state index contributed by atoms with van der Waals surface area (Å²) in [6.45, 7) is 8.96. The Morgan fingerprint density at radius 3 is 2.96 bits per heavy atom. The molecule has 1 aliphatic rings. The fraction of sp³-hybridized carbons (Fsp3) is 0.611. The zero-order valence-electron chi connectivity index (χ0n) is 16.6. The number of nitrogens with two attached hydrogens (primary N) is 1. The second-order valence-electron chi connectivity index (χ2n) is 8.43. The molecule has 3 heterocycles. The lowest BCUT2D eigenvalue weighted by Gasteiger charge is -2.27. The monoisotopic (exact) mass is 469 g/mol. The quantitative estimate of drug-likeness (QED) is 0.476. The molecule has 8 nitrogen and oxygen atoms in total. The topological polar surface area (TPSA) is 104 Å². The molecule has 0 radical (unpaired) electrons. The summed E-state index contributed by atoms with van der Waals surface area (Å²) in [4.78, 5) is 21.8. The Morgan fingerprint density at radius 1 is 1.46 bits per heavy atom. The molecule has 2 atom stereocenters. The van der Waals surface area contributed by atoms with Gasteiger partial charge in [-0.15, -0.1) is 0 Å². The smallest absolute Gasteiger partial charge is 0.255 e. The van der Waals surface area contributed by atoms with E-state index in [4.69, 9.17) is 15.2 Å². The minimum absolute atomic E-state index is 0.0610. The zero-order valence-corrected chi connectivity index (χ0v) is 19.2. The molecule has 2 aromatic rings. The zero-order chi connectivity index (χ0) is 20.3. The molecule has 10 heteroatoms. The Bertz CT molecular complexity index is 838. The van der Waals surface area contributed by atoms with Crippen LogP contribution < -0.4 is 11.1 Å². The van der Waals surface area contributed by atoms with Crippen molar-refractivity contribution in [2.75, 3.05) is 19.8 Å². The standard InChI is InChI=1S/C18H28BrN5O3Si/c1-28(2,3)5-4-26-11-24-8-14(16-17(24)21-7-15(19)23-16)18(25)22-13-6-12(20)9-27-10-13/h7-8,12-13H,4-6,9-11,20H2,1-3H3,(H,22,25). The highest BCUT2D eigenvalue weighted by Gasteiger charge is 2.24.